The van der Waals surface area contributed by atoms with E-state index in [0.717, 1.165) is 41.2 Å². The lowest BCUT2D eigenvalue weighted by atomic mass is 9.99. The Balaban J connectivity index is 1.77. The van der Waals surface area contributed by atoms with Gasteiger partial charge in [-0.05, 0) is 72.4 Å². The smallest absolute Gasteiger partial charge is 0.131 e. The highest BCUT2D eigenvalue weighted by molar-refractivity contribution is 5.88. The molecule has 0 spiro atoms. The molecule has 0 aliphatic carbocycles. The number of hydrogen-bond donors (Lipinski definition) is 2. The SMILES string of the molecule is CC(O)CCC/C=C/c1ccc(-c2ccc3cc(O)ccc3c2)c(F)c1. The Labute approximate surface area is 153 Å². The molecule has 0 saturated carbocycles. The highest BCUT2D eigenvalue weighted by Crippen LogP contribution is 2.29. The molecular formula is C23H23FO2. The van der Waals surface area contributed by atoms with Gasteiger partial charge in [-0.15, -0.1) is 0 Å². The van der Waals surface area contributed by atoms with Gasteiger partial charge in [0.25, 0.3) is 0 Å². The molecule has 2 N–H and O–H groups in total. The molecule has 0 aliphatic heterocycles. The maximum atomic E-state index is 14.6. The van der Waals surface area contributed by atoms with Crippen molar-refractivity contribution in [1.29, 1.82) is 0 Å². The fourth-order valence-corrected chi connectivity index (χ4v) is 3.02. The lowest BCUT2D eigenvalue weighted by Gasteiger charge is -2.07. The van der Waals surface area contributed by atoms with E-state index >= 15 is 0 Å². The van der Waals surface area contributed by atoms with Crippen molar-refractivity contribution in [3.05, 3.63) is 72.1 Å². The van der Waals surface area contributed by atoms with Gasteiger partial charge < -0.3 is 10.2 Å². The number of fused-ring (bicyclic) bond motifs is 1. The minimum Gasteiger partial charge on any atom is -0.508 e. The molecule has 0 fully saturated rings. The molecule has 0 bridgehead atoms. The molecule has 0 heterocycles. The van der Waals surface area contributed by atoms with Crippen molar-refractivity contribution in [3.8, 4) is 16.9 Å². The second kappa shape index (κ2) is 8.15. The topological polar surface area (TPSA) is 40.5 Å². The van der Waals surface area contributed by atoms with Crippen LogP contribution < -0.4 is 0 Å². The second-order valence-corrected chi connectivity index (χ2v) is 6.67. The molecule has 2 nitrogen and oxygen atoms in total. The molecule has 0 aliphatic rings. The van der Waals surface area contributed by atoms with Gasteiger partial charge in [0.15, 0.2) is 0 Å². The van der Waals surface area contributed by atoms with Gasteiger partial charge in [-0.2, -0.15) is 0 Å². The molecule has 3 aromatic rings. The molecule has 134 valence electrons. The van der Waals surface area contributed by atoms with E-state index in [1.165, 1.54) is 0 Å². The summed E-state index contributed by atoms with van der Waals surface area (Å²) >= 11 is 0. The summed E-state index contributed by atoms with van der Waals surface area (Å²) in [6.07, 6.45) is 6.22. The number of aliphatic hydroxyl groups excluding tert-OH is 1. The summed E-state index contributed by atoms with van der Waals surface area (Å²) in [5, 5.41) is 20.7. The van der Waals surface area contributed by atoms with E-state index in [1.54, 1.807) is 31.2 Å². The lowest BCUT2D eigenvalue weighted by molar-refractivity contribution is 0.182. The van der Waals surface area contributed by atoms with Crippen LogP contribution in [0.4, 0.5) is 4.39 Å². The lowest BCUT2D eigenvalue weighted by Crippen LogP contribution is -1.97. The first-order chi connectivity index (χ1) is 12.5. The molecule has 3 aromatic carbocycles. The van der Waals surface area contributed by atoms with Gasteiger partial charge in [-0.25, -0.2) is 4.39 Å². The first kappa shape index (κ1) is 18.2. The van der Waals surface area contributed by atoms with Crippen LogP contribution in [0.2, 0.25) is 0 Å². The van der Waals surface area contributed by atoms with E-state index in [4.69, 9.17) is 0 Å². The molecule has 3 heteroatoms. The van der Waals surface area contributed by atoms with Crippen LogP contribution in [-0.4, -0.2) is 16.3 Å². The van der Waals surface area contributed by atoms with Crippen LogP contribution in [0.1, 0.15) is 31.7 Å². The average Bonchev–Trinajstić information content (AvgIpc) is 2.61. The predicted octanol–water partition coefficient (Wildman–Crippen LogP) is 5.92. The zero-order valence-corrected chi connectivity index (χ0v) is 14.8. The number of rotatable bonds is 6. The minimum atomic E-state index is -0.272. The Morgan fingerprint density at radius 1 is 1.00 bits per heavy atom. The van der Waals surface area contributed by atoms with Gasteiger partial charge in [0.2, 0.25) is 0 Å². The fraction of sp³-hybridized carbons (Fsp3) is 0.217. The van der Waals surface area contributed by atoms with Crippen molar-refractivity contribution in [2.24, 2.45) is 0 Å². The van der Waals surface area contributed by atoms with Crippen molar-refractivity contribution < 1.29 is 14.6 Å². The number of aliphatic hydroxyl groups is 1. The number of aromatic hydroxyl groups is 1. The third-order valence-corrected chi connectivity index (χ3v) is 4.43. The number of phenolic OH excluding ortho intramolecular Hbond substituents is 1. The van der Waals surface area contributed by atoms with E-state index in [1.807, 2.05) is 42.5 Å². The summed E-state index contributed by atoms with van der Waals surface area (Å²) in [6.45, 7) is 1.79. The van der Waals surface area contributed by atoms with Gasteiger partial charge in [0.05, 0.1) is 6.10 Å². The number of halogens is 1. The Kier molecular flexibility index (Phi) is 5.69. The van der Waals surface area contributed by atoms with Crippen molar-refractivity contribution in [3.63, 3.8) is 0 Å². The molecule has 26 heavy (non-hydrogen) atoms. The molecule has 1 atom stereocenters. The Hall–Kier alpha value is -2.65. The zero-order valence-electron chi connectivity index (χ0n) is 14.8. The summed E-state index contributed by atoms with van der Waals surface area (Å²) in [5.41, 5.74) is 2.20. The van der Waals surface area contributed by atoms with Crippen LogP contribution >= 0.6 is 0 Å². The van der Waals surface area contributed by atoms with Gasteiger partial charge in [0, 0.05) is 5.56 Å². The standard InChI is InChI=1S/C23H23FO2/c1-16(25)5-3-2-4-6-17-7-12-22(23(24)13-17)20-9-8-19-15-21(26)11-10-18(19)14-20/h4,6-16,25-26H,2-3,5H2,1H3/b6-4+. The fourth-order valence-electron chi connectivity index (χ4n) is 3.02. The Morgan fingerprint density at radius 2 is 1.77 bits per heavy atom. The van der Waals surface area contributed by atoms with Crippen molar-refractivity contribution in [2.75, 3.05) is 0 Å². The number of allylic oxidation sites excluding steroid dienone is 1. The Bertz CT molecular complexity index is 929. The summed E-state index contributed by atoms with van der Waals surface area (Å²) in [5.74, 6) is -0.0322. The van der Waals surface area contributed by atoms with E-state index in [0.29, 0.717) is 5.56 Å². The van der Waals surface area contributed by atoms with Crippen molar-refractivity contribution in [1.82, 2.24) is 0 Å². The van der Waals surface area contributed by atoms with Crippen LogP contribution in [0.15, 0.2) is 60.7 Å². The number of unbranched alkanes of at least 4 members (excludes halogenated alkanes) is 1. The first-order valence-corrected chi connectivity index (χ1v) is 8.90. The summed E-state index contributed by atoms with van der Waals surface area (Å²) in [7, 11) is 0. The molecule has 0 aromatic heterocycles. The summed E-state index contributed by atoms with van der Waals surface area (Å²) in [6, 6.07) is 16.1. The minimum absolute atomic E-state index is 0.223. The van der Waals surface area contributed by atoms with Crippen LogP contribution in [-0.2, 0) is 0 Å². The highest BCUT2D eigenvalue weighted by atomic mass is 19.1. The van der Waals surface area contributed by atoms with Gasteiger partial charge in [-0.3, -0.25) is 0 Å². The molecule has 3 rings (SSSR count). The maximum Gasteiger partial charge on any atom is 0.131 e. The van der Waals surface area contributed by atoms with Crippen LogP contribution in [0.5, 0.6) is 5.75 Å². The molecule has 0 radical (unpaired) electrons. The van der Waals surface area contributed by atoms with Gasteiger partial charge in [0.1, 0.15) is 11.6 Å². The van der Waals surface area contributed by atoms with Crippen LogP contribution in [0.25, 0.3) is 28.0 Å². The monoisotopic (exact) mass is 350 g/mol. The molecule has 0 saturated heterocycles. The maximum absolute atomic E-state index is 14.6. The third-order valence-electron chi connectivity index (χ3n) is 4.43. The van der Waals surface area contributed by atoms with Crippen molar-refractivity contribution >= 4 is 16.8 Å². The quantitative estimate of drug-likeness (QED) is 0.542. The number of phenols is 1. The number of hydrogen-bond acceptors (Lipinski definition) is 2. The molecule has 1 unspecified atom stereocenters. The van der Waals surface area contributed by atoms with Crippen LogP contribution in [0, 0.1) is 5.82 Å². The molecule has 0 amide bonds. The van der Waals surface area contributed by atoms with Crippen LogP contribution in [0.3, 0.4) is 0 Å². The largest absolute Gasteiger partial charge is 0.508 e. The predicted molar refractivity (Wildman–Crippen MR) is 106 cm³/mol. The summed E-state index contributed by atoms with van der Waals surface area (Å²) < 4.78 is 14.6. The zero-order chi connectivity index (χ0) is 18.5. The Morgan fingerprint density at radius 3 is 2.54 bits per heavy atom. The van der Waals surface area contributed by atoms with Gasteiger partial charge in [-0.1, -0.05) is 42.5 Å². The van der Waals surface area contributed by atoms with E-state index < -0.39 is 0 Å². The van der Waals surface area contributed by atoms with E-state index in [2.05, 4.69) is 0 Å². The van der Waals surface area contributed by atoms with E-state index in [9.17, 15) is 14.6 Å². The van der Waals surface area contributed by atoms with E-state index in [-0.39, 0.29) is 17.7 Å². The molecular weight excluding hydrogens is 327 g/mol. The second-order valence-electron chi connectivity index (χ2n) is 6.67. The number of benzene rings is 3. The highest BCUT2D eigenvalue weighted by Gasteiger charge is 2.07. The average molecular weight is 350 g/mol. The van der Waals surface area contributed by atoms with Crippen molar-refractivity contribution in [2.45, 2.75) is 32.3 Å². The first-order valence-electron chi connectivity index (χ1n) is 8.90. The van der Waals surface area contributed by atoms with Gasteiger partial charge >= 0.3 is 0 Å². The third kappa shape index (κ3) is 4.50. The normalized spacial score (nSPS) is 12.7. The summed E-state index contributed by atoms with van der Waals surface area (Å²) in [4.78, 5) is 0.